The number of aryl methyl sites for hydroxylation is 1. The predicted molar refractivity (Wildman–Crippen MR) is 109 cm³/mol. The molecule has 3 rings (SSSR count). The molecule has 0 aliphatic carbocycles. The van der Waals surface area contributed by atoms with Crippen LogP contribution in [-0.4, -0.2) is 23.0 Å². The first kappa shape index (κ1) is 21.8. The van der Waals surface area contributed by atoms with E-state index in [1.807, 2.05) is 0 Å². The van der Waals surface area contributed by atoms with Gasteiger partial charge in [0.2, 0.25) is 0 Å². The van der Waals surface area contributed by atoms with E-state index in [-0.39, 0.29) is 6.54 Å². The number of esters is 1. The number of hydrogen-bond donors (Lipinski definition) is 1. The van der Waals surface area contributed by atoms with Crippen LogP contribution in [0.4, 0.5) is 19.0 Å². The zero-order valence-electron chi connectivity index (χ0n) is 16.7. The van der Waals surface area contributed by atoms with Crippen molar-refractivity contribution in [3.05, 3.63) is 88.4 Å². The Morgan fingerprint density at radius 2 is 1.77 bits per heavy atom. The second-order valence-electron chi connectivity index (χ2n) is 6.51. The van der Waals surface area contributed by atoms with Crippen molar-refractivity contribution in [3.8, 4) is 11.8 Å². The third-order valence-electron chi connectivity index (χ3n) is 4.45. The molecular weight excluding hydrogens is 407 g/mol. The summed E-state index contributed by atoms with van der Waals surface area (Å²) in [5, 5.41) is 3.14. The van der Waals surface area contributed by atoms with Crippen LogP contribution in [0.15, 0.2) is 54.9 Å². The van der Waals surface area contributed by atoms with Gasteiger partial charge in [0.25, 0.3) is 0 Å². The van der Waals surface area contributed by atoms with E-state index in [2.05, 4.69) is 27.1 Å². The van der Waals surface area contributed by atoms with E-state index in [4.69, 9.17) is 4.74 Å². The molecule has 1 heterocycles. The summed E-state index contributed by atoms with van der Waals surface area (Å²) in [6, 6.07) is 11.6. The maximum Gasteiger partial charge on any atom is 0.416 e. The first-order chi connectivity index (χ1) is 14.8. The molecule has 2 aromatic carbocycles. The van der Waals surface area contributed by atoms with E-state index in [9.17, 15) is 18.0 Å². The van der Waals surface area contributed by atoms with Gasteiger partial charge >= 0.3 is 12.1 Å². The molecule has 0 atom stereocenters. The predicted octanol–water partition coefficient (Wildman–Crippen LogP) is 4.60. The smallest absolute Gasteiger partial charge is 0.416 e. The molecule has 0 bridgehead atoms. The highest BCUT2D eigenvalue weighted by Crippen LogP contribution is 2.29. The van der Waals surface area contributed by atoms with Gasteiger partial charge in [0.15, 0.2) is 0 Å². The Bertz CT molecular complexity index is 1150. The van der Waals surface area contributed by atoms with Gasteiger partial charge in [-0.2, -0.15) is 13.2 Å². The number of aromatic nitrogens is 2. The van der Waals surface area contributed by atoms with Gasteiger partial charge in [0, 0.05) is 12.1 Å². The summed E-state index contributed by atoms with van der Waals surface area (Å²) >= 11 is 0. The van der Waals surface area contributed by atoms with Crippen LogP contribution < -0.4 is 5.32 Å². The zero-order chi connectivity index (χ0) is 22.4. The van der Waals surface area contributed by atoms with E-state index in [0.717, 1.165) is 12.1 Å². The number of benzene rings is 2. The number of nitrogens with zero attached hydrogens (tertiary/aromatic N) is 2. The van der Waals surface area contributed by atoms with Crippen molar-refractivity contribution in [3.63, 3.8) is 0 Å². The third kappa shape index (κ3) is 5.39. The molecule has 1 aromatic heterocycles. The number of nitrogens with one attached hydrogen (secondary N) is 1. The summed E-state index contributed by atoms with van der Waals surface area (Å²) in [5.41, 5.74) is 1.96. The van der Waals surface area contributed by atoms with Crippen molar-refractivity contribution in [2.45, 2.75) is 19.6 Å². The lowest BCUT2D eigenvalue weighted by atomic mass is 10.1. The molecule has 0 aliphatic heterocycles. The molecule has 0 saturated heterocycles. The Morgan fingerprint density at radius 1 is 1.06 bits per heavy atom. The van der Waals surface area contributed by atoms with Gasteiger partial charge in [-0.15, -0.1) is 0 Å². The second kappa shape index (κ2) is 9.30. The Balaban J connectivity index is 1.84. The van der Waals surface area contributed by atoms with Gasteiger partial charge in [-0.25, -0.2) is 14.8 Å². The lowest BCUT2D eigenvalue weighted by molar-refractivity contribution is -0.137. The number of ether oxygens (including phenoxy) is 1. The van der Waals surface area contributed by atoms with Crippen LogP contribution in [0.3, 0.4) is 0 Å². The van der Waals surface area contributed by atoms with Gasteiger partial charge in [-0.3, -0.25) is 0 Å². The Kier molecular flexibility index (Phi) is 6.55. The monoisotopic (exact) mass is 425 g/mol. The van der Waals surface area contributed by atoms with Crippen LogP contribution in [0.1, 0.15) is 38.3 Å². The van der Waals surface area contributed by atoms with Gasteiger partial charge < -0.3 is 10.1 Å². The minimum Gasteiger partial charge on any atom is -0.465 e. The Labute approximate surface area is 177 Å². The average Bonchev–Trinajstić information content (AvgIpc) is 2.76. The van der Waals surface area contributed by atoms with E-state index in [1.165, 1.54) is 25.6 Å². The normalized spacial score (nSPS) is 10.7. The third-order valence-corrected chi connectivity index (χ3v) is 4.45. The summed E-state index contributed by atoms with van der Waals surface area (Å²) in [7, 11) is 1.31. The fraction of sp³-hybridized carbons (Fsp3) is 0.174. The van der Waals surface area contributed by atoms with Crippen LogP contribution in [-0.2, 0) is 17.5 Å². The van der Waals surface area contributed by atoms with E-state index in [1.54, 1.807) is 31.2 Å². The van der Waals surface area contributed by atoms with Gasteiger partial charge in [0.05, 0.1) is 29.5 Å². The fourth-order valence-electron chi connectivity index (χ4n) is 2.80. The van der Waals surface area contributed by atoms with Gasteiger partial charge in [-0.05, 0) is 42.8 Å². The molecule has 3 aromatic rings. The lowest BCUT2D eigenvalue weighted by Crippen LogP contribution is -2.11. The highest BCUT2D eigenvalue weighted by molar-refractivity contribution is 5.91. The molecule has 1 N–H and O–H groups in total. The number of alkyl halides is 3. The summed E-state index contributed by atoms with van der Waals surface area (Å²) in [6.07, 6.45) is -3.01. The number of anilines is 1. The van der Waals surface area contributed by atoms with Gasteiger partial charge in [0.1, 0.15) is 12.1 Å². The molecule has 0 fully saturated rings. The number of methoxy groups -OCH3 is 1. The van der Waals surface area contributed by atoms with Crippen LogP contribution in [0.2, 0.25) is 0 Å². The van der Waals surface area contributed by atoms with E-state index >= 15 is 0 Å². The molecule has 158 valence electrons. The first-order valence-electron chi connectivity index (χ1n) is 9.20. The molecule has 0 aliphatic rings. The van der Waals surface area contributed by atoms with E-state index < -0.39 is 17.7 Å². The maximum atomic E-state index is 12.7. The molecule has 0 spiro atoms. The van der Waals surface area contributed by atoms with Crippen molar-refractivity contribution in [2.75, 3.05) is 12.4 Å². The Hall–Kier alpha value is -3.86. The van der Waals surface area contributed by atoms with Crippen LogP contribution in [0, 0.1) is 18.8 Å². The van der Waals surface area contributed by atoms with Crippen LogP contribution in [0.5, 0.6) is 0 Å². The molecule has 0 amide bonds. The number of halogens is 3. The van der Waals surface area contributed by atoms with Crippen LogP contribution in [0.25, 0.3) is 0 Å². The molecular formula is C23H18F3N3O2. The van der Waals surface area contributed by atoms with Crippen molar-refractivity contribution >= 4 is 11.8 Å². The van der Waals surface area contributed by atoms with Crippen LogP contribution >= 0.6 is 0 Å². The van der Waals surface area contributed by atoms with Crippen molar-refractivity contribution in [2.24, 2.45) is 0 Å². The molecule has 8 heteroatoms. The van der Waals surface area contributed by atoms with E-state index in [0.29, 0.717) is 33.8 Å². The quantitative estimate of drug-likeness (QED) is 0.489. The topological polar surface area (TPSA) is 64.1 Å². The molecule has 0 saturated carbocycles. The van der Waals surface area contributed by atoms with Gasteiger partial charge in [-0.1, -0.05) is 30.0 Å². The van der Waals surface area contributed by atoms with Crippen molar-refractivity contribution in [1.82, 2.24) is 9.97 Å². The summed E-state index contributed by atoms with van der Waals surface area (Å²) in [6.45, 7) is 2.04. The minimum atomic E-state index is -4.40. The SMILES string of the molecule is COC(=O)c1ccccc1CNc1ncnc(C)c1C#Cc1ccc(C(F)(F)F)cc1. The number of carbonyl (C=O) groups is 1. The molecule has 31 heavy (non-hydrogen) atoms. The molecule has 0 radical (unpaired) electrons. The maximum absolute atomic E-state index is 12.7. The summed E-state index contributed by atoms with van der Waals surface area (Å²) < 4.78 is 42.9. The highest BCUT2D eigenvalue weighted by atomic mass is 19.4. The number of hydrogen-bond acceptors (Lipinski definition) is 5. The largest absolute Gasteiger partial charge is 0.465 e. The molecule has 5 nitrogen and oxygen atoms in total. The fourth-order valence-corrected chi connectivity index (χ4v) is 2.80. The standard InChI is InChI=1S/C23H18F3N3O2/c1-15-19(12-9-16-7-10-18(11-8-16)23(24,25)26)21(29-14-28-15)27-13-17-5-3-4-6-20(17)22(30)31-2/h3-8,10-11,14H,13H2,1-2H3,(H,27,28,29). The van der Waals surface area contributed by atoms with Crippen molar-refractivity contribution < 1.29 is 22.7 Å². The average molecular weight is 425 g/mol. The number of carbonyl (C=O) groups excluding carboxylic acids is 1. The highest BCUT2D eigenvalue weighted by Gasteiger charge is 2.29. The summed E-state index contributed by atoms with van der Waals surface area (Å²) in [4.78, 5) is 20.3. The number of rotatable bonds is 4. The Morgan fingerprint density at radius 3 is 2.45 bits per heavy atom. The van der Waals surface area contributed by atoms with Crippen molar-refractivity contribution in [1.29, 1.82) is 0 Å². The zero-order valence-corrected chi connectivity index (χ0v) is 16.7. The molecule has 0 unspecified atom stereocenters. The second-order valence-corrected chi connectivity index (χ2v) is 6.51. The summed E-state index contributed by atoms with van der Waals surface area (Å²) in [5.74, 6) is 5.78. The first-order valence-corrected chi connectivity index (χ1v) is 9.20. The minimum absolute atomic E-state index is 0.288. The lowest BCUT2D eigenvalue weighted by Gasteiger charge is -2.11.